The summed E-state index contributed by atoms with van der Waals surface area (Å²) < 4.78 is 39.6. The first-order chi connectivity index (χ1) is 10.0. The van der Waals surface area contributed by atoms with Crippen molar-refractivity contribution >= 4 is 13.1 Å². The first-order valence-corrected chi connectivity index (χ1v) is 7.06. The van der Waals surface area contributed by atoms with E-state index < -0.39 is 48.2 Å². The zero-order chi connectivity index (χ0) is 16.7. The van der Waals surface area contributed by atoms with Crippen LogP contribution >= 0.6 is 0 Å². The smallest absolute Gasteiger partial charge is 0.466 e. The molecule has 0 spiro atoms. The predicted octanol–water partition coefficient (Wildman–Crippen LogP) is 3.15. The molecule has 0 aliphatic carbocycles. The van der Waals surface area contributed by atoms with Crippen molar-refractivity contribution in [1.82, 2.24) is 0 Å². The number of rotatable bonds is 4. The predicted molar refractivity (Wildman–Crippen MR) is 77.4 cm³/mol. The van der Waals surface area contributed by atoms with Gasteiger partial charge in [-0.2, -0.15) is 0 Å². The van der Waals surface area contributed by atoms with Crippen molar-refractivity contribution in [3.05, 3.63) is 35.4 Å². The lowest BCUT2D eigenvalue weighted by Gasteiger charge is -2.32. The average molecular weight is 312 g/mol. The average Bonchev–Trinajstić information content (AvgIpc) is 2.56. The molecule has 2 rings (SSSR count). The molecule has 1 aromatic carbocycles. The maximum absolute atomic E-state index is 14.0. The Hall–Kier alpha value is -1.47. The van der Waals surface area contributed by atoms with Crippen LogP contribution in [0, 0.1) is 11.6 Å². The van der Waals surface area contributed by atoms with Gasteiger partial charge in [-0.25, -0.2) is 8.78 Å². The molecule has 120 valence electrons. The van der Waals surface area contributed by atoms with E-state index in [1.165, 1.54) is 6.07 Å². The lowest BCUT2D eigenvalue weighted by Crippen LogP contribution is -2.41. The summed E-state index contributed by atoms with van der Waals surface area (Å²) in [5.74, 6) is -3.86. The molecule has 1 N–H and O–H groups in total. The second-order valence-electron chi connectivity index (χ2n) is 6.46. The fraction of sp³-hybridized carbons (Fsp3) is 0.533. The number of hydrogen-bond acceptors (Lipinski definition) is 3. The lowest BCUT2D eigenvalue weighted by atomic mass is 9.66. The van der Waals surface area contributed by atoms with Gasteiger partial charge < -0.3 is 14.4 Å². The minimum absolute atomic E-state index is 0.316. The molecule has 1 aromatic rings. The van der Waals surface area contributed by atoms with Crippen molar-refractivity contribution in [3.63, 3.8) is 0 Å². The molecule has 22 heavy (non-hydrogen) atoms. The molecule has 4 nitrogen and oxygen atoms in total. The van der Waals surface area contributed by atoms with Crippen LogP contribution < -0.4 is 0 Å². The Morgan fingerprint density at radius 3 is 2.05 bits per heavy atom. The summed E-state index contributed by atoms with van der Waals surface area (Å²) in [4.78, 5) is 11.1. The molecule has 0 radical (unpaired) electrons. The summed E-state index contributed by atoms with van der Waals surface area (Å²) in [5, 5.41) is 9.09. The Kier molecular flexibility index (Phi) is 4.32. The summed E-state index contributed by atoms with van der Waals surface area (Å²) in [6.45, 7) is 7.18. The third kappa shape index (κ3) is 3.01. The summed E-state index contributed by atoms with van der Waals surface area (Å²) in [5.41, 5.74) is -1.74. The molecule has 1 unspecified atom stereocenters. The fourth-order valence-corrected chi connectivity index (χ4v) is 2.44. The zero-order valence-corrected chi connectivity index (χ0v) is 13.0. The van der Waals surface area contributed by atoms with E-state index in [4.69, 9.17) is 14.4 Å². The topological polar surface area (TPSA) is 55.8 Å². The number of carboxylic acid groups (broad SMARTS) is 1. The molecular formula is C15H19BF2O4. The molecule has 7 heteroatoms. The Balaban J connectivity index is 2.43. The highest BCUT2D eigenvalue weighted by Gasteiger charge is 2.55. The molecule has 1 aliphatic rings. The third-order valence-corrected chi connectivity index (χ3v) is 4.37. The SMILES string of the molecule is CC1(C)OB(C(CC(=O)O)c2c(F)cccc2F)OC1(C)C. The van der Waals surface area contributed by atoms with Gasteiger partial charge in [0.15, 0.2) is 0 Å². The maximum Gasteiger partial charge on any atom is 0.466 e. The van der Waals surface area contributed by atoms with Gasteiger partial charge in [-0.05, 0) is 39.8 Å². The van der Waals surface area contributed by atoms with Gasteiger partial charge in [0, 0.05) is 11.4 Å². The van der Waals surface area contributed by atoms with Gasteiger partial charge in [-0.3, -0.25) is 4.79 Å². The van der Waals surface area contributed by atoms with Gasteiger partial charge >= 0.3 is 13.1 Å². The molecule has 1 heterocycles. The molecule has 0 aromatic heterocycles. The number of halogens is 2. The van der Waals surface area contributed by atoms with Crippen LogP contribution in [0.15, 0.2) is 18.2 Å². The van der Waals surface area contributed by atoms with Crippen LogP contribution in [0.5, 0.6) is 0 Å². The number of aliphatic carboxylic acids is 1. The summed E-state index contributed by atoms with van der Waals surface area (Å²) in [7, 11) is -1.03. The van der Waals surface area contributed by atoms with Gasteiger partial charge in [0.25, 0.3) is 0 Å². The van der Waals surface area contributed by atoms with Crippen molar-refractivity contribution in [1.29, 1.82) is 0 Å². The van der Waals surface area contributed by atoms with E-state index in [1.54, 1.807) is 27.7 Å². The Morgan fingerprint density at radius 2 is 1.64 bits per heavy atom. The second-order valence-corrected chi connectivity index (χ2v) is 6.46. The first kappa shape index (κ1) is 16.9. The minimum atomic E-state index is -1.18. The zero-order valence-electron chi connectivity index (χ0n) is 13.0. The van der Waals surface area contributed by atoms with Crippen LogP contribution in [0.2, 0.25) is 0 Å². The van der Waals surface area contributed by atoms with Crippen molar-refractivity contribution in [3.8, 4) is 0 Å². The third-order valence-electron chi connectivity index (χ3n) is 4.37. The van der Waals surface area contributed by atoms with E-state index in [9.17, 15) is 13.6 Å². The molecule has 1 atom stereocenters. The van der Waals surface area contributed by atoms with Gasteiger partial charge in [-0.1, -0.05) is 6.07 Å². The van der Waals surface area contributed by atoms with E-state index in [0.29, 0.717) is 0 Å². The number of hydrogen-bond donors (Lipinski definition) is 1. The number of benzene rings is 1. The maximum atomic E-state index is 14.0. The van der Waals surface area contributed by atoms with Gasteiger partial charge in [0.1, 0.15) is 11.6 Å². The summed E-state index contributed by atoms with van der Waals surface area (Å²) in [6.07, 6.45) is -0.491. The quantitative estimate of drug-likeness (QED) is 0.868. The lowest BCUT2D eigenvalue weighted by molar-refractivity contribution is -0.137. The molecule has 1 fully saturated rings. The van der Waals surface area contributed by atoms with Crippen LogP contribution in [0.4, 0.5) is 8.78 Å². The van der Waals surface area contributed by atoms with E-state index in [-0.39, 0.29) is 5.56 Å². The minimum Gasteiger partial charge on any atom is -0.481 e. The van der Waals surface area contributed by atoms with E-state index >= 15 is 0 Å². The molecule has 0 bridgehead atoms. The molecule has 0 amide bonds. The van der Waals surface area contributed by atoms with E-state index in [1.807, 2.05) is 0 Å². The van der Waals surface area contributed by atoms with Gasteiger partial charge in [-0.15, -0.1) is 0 Å². The molecular weight excluding hydrogens is 293 g/mol. The van der Waals surface area contributed by atoms with Crippen molar-refractivity contribution in [2.75, 3.05) is 0 Å². The number of carbonyl (C=O) groups is 1. The Bertz CT molecular complexity index is 553. The molecule has 1 aliphatic heterocycles. The molecule has 1 saturated heterocycles. The second kappa shape index (κ2) is 5.63. The van der Waals surface area contributed by atoms with Crippen molar-refractivity contribution in [2.24, 2.45) is 0 Å². The summed E-state index contributed by atoms with van der Waals surface area (Å²) in [6, 6.07) is 3.42. The van der Waals surface area contributed by atoms with Crippen LogP contribution in [0.3, 0.4) is 0 Å². The summed E-state index contributed by atoms with van der Waals surface area (Å²) >= 11 is 0. The van der Waals surface area contributed by atoms with Crippen molar-refractivity contribution in [2.45, 2.75) is 51.1 Å². The fourth-order valence-electron chi connectivity index (χ4n) is 2.44. The highest BCUT2D eigenvalue weighted by Crippen LogP contribution is 2.42. The largest absolute Gasteiger partial charge is 0.481 e. The Morgan fingerprint density at radius 1 is 1.18 bits per heavy atom. The monoisotopic (exact) mass is 312 g/mol. The van der Waals surface area contributed by atoms with E-state index in [2.05, 4.69) is 0 Å². The normalized spacial score (nSPS) is 20.9. The highest BCUT2D eigenvalue weighted by atomic mass is 19.1. The van der Waals surface area contributed by atoms with Gasteiger partial charge in [0.05, 0.1) is 17.6 Å². The van der Waals surface area contributed by atoms with Crippen molar-refractivity contribution < 1.29 is 28.0 Å². The number of carboxylic acids is 1. The van der Waals surface area contributed by atoms with Crippen LogP contribution in [-0.2, 0) is 14.1 Å². The Labute approximate surface area is 128 Å². The highest BCUT2D eigenvalue weighted by molar-refractivity contribution is 6.48. The van der Waals surface area contributed by atoms with Crippen LogP contribution in [0.1, 0.15) is 45.5 Å². The van der Waals surface area contributed by atoms with E-state index in [0.717, 1.165) is 12.1 Å². The molecule has 0 saturated carbocycles. The van der Waals surface area contributed by atoms with Crippen LogP contribution in [-0.4, -0.2) is 29.4 Å². The van der Waals surface area contributed by atoms with Gasteiger partial charge in [0.2, 0.25) is 0 Å². The van der Waals surface area contributed by atoms with Crippen LogP contribution in [0.25, 0.3) is 0 Å². The standard InChI is InChI=1S/C15H19BF2O4/c1-14(2)15(3,4)22-16(21-14)9(8-12(19)20)13-10(17)6-5-7-11(13)18/h5-7,9H,8H2,1-4H3,(H,19,20). The first-order valence-electron chi connectivity index (χ1n) is 7.06.